The maximum absolute atomic E-state index is 13.5. The molecular weight excluding hydrogens is 363 g/mol. The molecular formula is C21H21FN2O4. The van der Waals surface area contributed by atoms with Gasteiger partial charge in [-0.15, -0.1) is 0 Å². The van der Waals surface area contributed by atoms with E-state index in [0.29, 0.717) is 0 Å². The van der Waals surface area contributed by atoms with Crippen molar-refractivity contribution < 1.29 is 23.5 Å². The summed E-state index contributed by atoms with van der Waals surface area (Å²) in [6.45, 7) is 1.61. The smallest absolute Gasteiger partial charge is 0.311 e. The number of carbonyl (C=O) groups is 3. The Labute approximate surface area is 162 Å². The number of nitrogens with one attached hydrogen (secondary N) is 1. The number of ether oxygens (including phenoxy) is 1. The Bertz CT molecular complexity index is 872. The SMILES string of the molecule is C[C@@H](c1ccccc1)N1C[C@H](C(=O)OCC(=O)Nc2ccccc2F)CC1=O. The minimum atomic E-state index is -0.641. The molecule has 0 saturated carbocycles. The molecule has 0 radical (unpaired) electrons. The van der Waals surface area contributed by atoms with Gasteiger partial charge in [-0.2, -0.15) is 0 Å². The predicted molar refractivity (Wildman–Crippen MR) is 101 cm³/mol. The minimum Gasteiger partial charge on any atom is -0.455 e. The first-order chi connectivity index (χ1) is 13.5. The van der Waals surface area contributed by atoms with Gasteiger partial charge in [0.1, 0.15) is 5.82 Å². The van der Waals surface area contributed by atoms with Crippen molar-refractivity contribution in [3.63, 3.8) is 0 Å². The van der Waals surface area contributed by atoms with Crippen LogP contribution >= 0.6 is 0 Å². The van der Waals surface area contributed by atoms with Crippen LogP contribution in [0.25, 0.3) is 0 Å². The van der Waals surface area contributed by atoms with E-state index in [-0.39, 0.29) is 30.6 Å². The average molecular weight is 384 g/mol. The van der Waals surface area contributed by atoms with E-state index in [9.17, 15) is 18.8 Å². The van der Waals surface area contributed by atoms with Gasteiger partial charge in [-0.1, -0.05) is 42.5 Å². The number of nitrogens with zero attached hydrogens (tertiary/aromatic N) is 1. The number of rotatable bonds is 6. The number of halogens is 1. The predicted octanol–water partition coefficient (Wildman–Crippen LogP) is 2.92. The summed E-state index contributed by atoms with van der Waals surface area (Å²) in [7, 11) is 0. The molecule has 0 aliphatic carbocycles. The van der Waals surface area contributed by atoms with Gasteiger partial charge in [-0.3, -0.25) is 14.4 Å². The Morgan fingerprint density at radius 3 is 2.57 bits per heavy atom. The molecule has 1 aliphatic heterocycles. The van der Waals surface area contributed by atoms with Crippen molar-refractivity contribution in [2.75, 3.05) is 18.5 Å². The minimum absolute atomic E-state index is 0.0162. The second-order valence-electron chi connectivity index (χ2n) is 6.67. The molecule has 1 heterocycles. The third-order valence-electron chi connectivity index (χ3n) is 4.73. The quantitative estimate of drug-likeness (QED) is 0.777. The van der Waals surface area contributed by atoms with Gasteiger partial charge >= 0.3 is 5.97 Å². The number of para-hydroxylation sites is 1. The molecule has 2 aromatic carbocycles. The largest absolute Gasteiger partial charge is 0.455 e. The molecule has 1 saturated heterocycles. The second-order valence-corrected chi connectivity index (χ2v) is 6.67. The number of carbonyl (C=O) groups excluding carboxylic acids is 3. The van der Waals surface area contributed by atoms with Gasteiger partial charge in [0.15, 0.2) is 6.61 Å². The second kappa shape index (κ2) is 8.65. The van der Waals surface area contributed by atoms with E-state index in [4.69, 9.17) is 4.74 Å². The third-order valence-corrected chi connectivity index (χ3v) is 4.73. The van der Waals surface area contributed by atoms with E-state index in [0.717, 1.165) is 5.56 Å². The number of anilines is 1. The van der Waals surface area contributed by atoms with E-state index in [1.165, 1.54) is 18.2 Å². The van der Waals surface area contributed by atoms with Gasteiger partial charge in [0.2, 0.25) is 5.91 Å². The molecule has 1 N–H and O–H groups in total. The number of esters is 1. The fourth-order valence-electron chi connectivity index (χ4n) is 3.18. The zero-order valence-electron chi connectivity index (χ0n) is 15.4. The zero-order chi connectivity index (χ0) is 20.1. The van der Waals surface area contributed by atoms with Gasteiger partial charge in [-0.25, -0.2) is 4.39 Å². The van der Waals surface area contributed by atoms with E-state index < -0.39 is 30.2 Å². The molecule has 1 fully saturated rings. The zero-order valence-corrected chi connectivity index (χ0v) is 15.4. The molecule has 0 bridgehead atoms. The molecule has 0 aromatic heterocycles. The highest BCUT2D eigenvalue weighted by atomic mass is 19.1. The summed E-state index contributed by atoms with van der Waals surface area (Å²) in [6.07, 6.45) is 0.0466. The van der Waals surface area contributed by atoms with Crippen molar-refractivity contribution in [1.29, 1.82) is 0 Å². The van der Waals surface area contributed by atoms with Crippen LogP contribution in [0, 0.1) is 11.7 Å². The lowest BCUT2D eigenvalue weighted by Crippen LogP contribution is -2.30. The lowest BCUT2D eigenvalue weighted by Gasteiger charge is -2.25. The third kappa shape index (κ3) is 4.54. The Balaban J connectivity index is 1.52. The monoisotopic (exact) mass is 384 g/mol. The van der Waals surface area contributed by atoms with Gasteiger partial charge in [0, 0.05) is 13.0 Å². The topological polar surface area (TPSA) is 75.7 Å². The highest BCUT2D eigenvalue weighted by molar-refractivity contribution is 5.93. The normalized spacial score (nSPS) is 17.3. The lowest BCUT2D eigenvalue weighted by atomic mass is 10.1. The number of benzene rings is 2. The van der Waals surface area contributed by atoms with Gasteiger partial charge in [0.05, 0.1) is 17.6 Å². The maximum atomic E-state index is 13.5. The molecule has 0 spiro atoms. The fraction of sp³-hybridized carbons (Fsp3) is 0.286. The summed E-state index contributed by atoms with van der Waals surface area (Å²) < 4.78 is 18.6. The van der Waals surface area contributed by atoms with E-state index in [1.807, 2.05) is 37.3 Å². The van der Waals surface area contributed by atoms with Crippen LogP contribution in [0.2, 0.25) is 0 Å². The summed E-state index contributed by atoms with van der Waals surface area (Å²) >= 11 is 0. The summed E-state index contributed by atoms with van der Waals surface area (Å²) in [4.78, 5) is 38.1. The van der Waals surface area contributed by atoms with Crippen LogP contribution in [0.5, 0.6) is 0 Å². The molecule has 0 unspecified atom stereocenters. The summed E-state index contributed by atoms with van der Waals surface area (Å²) in [5.41, 5.74) is 0.997. The summed E-state index contributed by atoms with van der Waals surface area (Å²) in [5.74, 6) is -2.58. The maximum Gasteiger partial charge on any atom is 0.311 e. The molecule has 2 atom stereocenters. The molecule has 28 heavy (non-hydrogen) atoms. The average Bonchev–Trinajstić information content (AvgIpc) is 3.10. The first-order valence-electron chi connectivity index (χ1n) is 9.01. The summed E-state index contributed by atoms with van der Waals surface area (Å²) in [6, 6.07) is 15.1. The van der Waals surface area contributed by atoms with Crippen molar-refractivity contribution in [2.24, 2.45) is 5.92 Å². The molecule has 3 rings (SSSR count). The first-order valence-corrected chi connectivity index (χ1v) is 9.01. The van der Waals surface area contributed by atoms with Crippen molar-refractivity contribution in [3.05, 3.63) is 66.0 Å². The number of likely N-dealkylation sites (tertiary alicyclic amines) is 1. The van der Waals surface area contributed by atoms with E-state index in [1.54, 1.807) is 11.0 Å². The standard InChI is InChI=1S/C21H21FN2O4/c1-14(15-7-3-2-4-8-15)24-12-16(11-20(24)26)21(27)28-13-19(25)23-18-10-6-5-9-17(18)22/h2-10,14,16H,11-13H2,1H3,(H,23,25)/t14-,16+/m0/s1. The Hall–Kier alpha value is -3.22. The van der Waals surface area contributed by atoms with E-state index >= 15 is 0 Å². The molecule has 2 aromatic rings. The number of hydrogen-bond donors (Lipinski definition) is 1. The van der Waals surface area contributed by atoms with Crippen LogP contribution in [0.1, 0.15) is 24.9 Å². The van der Waals surface area contributed by atoms with Crippen molar-refractivity contribution >= 4 is 23.5 Å². The number of amides is 2. The highest BCUT2D eigenvalue weighted by Gasteiger charge is 2.38. The Morgan fingerprint density at radius 2 is 1.86 bits per heavy atom. The van der Waals surface area contributed by atoms with E-state index in [2.05, 4.69) is 5.32 Å². The number of hydrogen-bond acceptors (Lipinski definition) is 4. The van der Waals surface area contributed by atoms with Crippen molar-refractivity contribution in [2.45, 2.75) is 19.4 Å². The van der Waals surface area contributed by atoms with Gasteiger partial charge in [-0.05, 0) is 24.6 Å². The van der Waals surface area contributed by atoms with Gasteiger partial charge < -0.3 is 15.0 Å². The molecule has 2 amide bonds. The Morgan fingerprint density at radius 1 is 1.18 bits per heavy atom. The van der Waals surface area contributed by atoms with Crippen LogP contribution in [0.4, 0.5) is 10.1 Å². The van der Waals surface area contributed by atoms with Gasteiger partial charge in [0.25, 0.3) is 5.91 Å². The Kier molecular flexibility index (Phi) is 6.03. The first kappa shape index (κ1) is 19.5. The fourth-order valence-corrected chi connectivity index (χ4v) is 3.18. The lowest BCUT2D eigenvalue weighted by molar-refractivity contribution is -0.151. The van der Waals surface area contributed by atoms with Crippen LogP contribution in [-0.2, 0) is 19.1 Å². The van der Waals surface area contributed by atoms with Crippen molar-refractivity contribution in [3.8, 4) is 0 Å². The molecule has 7 heteroatoms. The van der Waals surface area contributed by atoms with Crippen molar-refractivity contribution in [1.82, 2.24) is 4.90 Å². The molecule has 1 aliphatic rings. The highest BCUT2D eigenvalue weighted by Crippen LogP contribution is 2.29. The van der Waals surface area contributed by atoms with Crippen LogP contribution in [-0.4, -0.2) is 35.8 Å². The molecule has 6 nitrogen and oxygen atoms in total. The van der Waals surface area contributed by atoms with Crippen LogP contribution < -0.4 is 5.32 Å². The van der Waals surface area contributed by atoms with Crippen LogP contribution in [0.3, 0.4) is 0 Å². The van der Waals surface area contributed by atoms with Crippen LogP contribution in [0.15, 0.2) is 54.6 Å². The summed E-state index contributed by atoms with van der Waals surface area (Å²) in [5, 5.41) is 2.34. The molecule has 146 valence electrons.